The molecule has 0 radical (unpaired) electrons. The van der Waals surface area contributed by atoms with Gasteiger partial charge in [-0.2, -0.15) is 11.8 Å². The lowest BCUT2D eigenvalue weighted by atomic mass is 10.1. The minimum absolute atomic E-state index is 0.295. The molecule has 0 aromatic carbocycles. The Morgan fingerprint density at radius 3 is 2.45 bits per heavy atom. The Kier molecular flexibility index (Phi) is 9.89. The van der Waals surface area contributed by atoms with E-state index in [4.69, 9.17) is 16.6 Å². The number of likely N-dealkylation sites (tertiary alicyclic amines) is 1. The van der Waals surface area contributed by atoms with Gasteiger partial charge < -0.3 is 32.1 Å². The fourth-order valence-electron chi connectivity index (χ4n) is 2.98. The number of rotatable bonds is 11. The molecule has 4 unspecified atom stereocenters. The number of carboxylic acids is 1. The molecule has 0 aromatic heterocycles. The van der Waals surface area contributed by atoms with Gasteiger partial charge in [0.1, 0.15) is 18.1 Å². The maximum Gasteiger partial charge on any atom is 0.326 e. The molecule has 1 aliphatic rings. The van der Waals surface area contributed by atoms with Crippen molar-refractivity contribution in [3.8, 4) is 0 Å². The van der Waals surface area contributed by atoms with Gasteiger partial charge in [-0.3, -0.25) is 19.2 Å². The molecule has 0 spiro atoms. The summed E-state index contributed by atoms with van der Waals surface area (Å²) in [6.07, 6.45) is 2.70. The first-order valence-corrected chi connectivity index (χ1v) is 10.6. The van der Waals surface area contributed by atoms with Crippen LogP contribution in [0.25, 0.3) is 0 Å². The van der Waals surface area contributed by atoms with Crippen molar-refractivity contribution < 1.29 is 29.1 Å². The van der Waals surface area contributed by atoms with Crippen molar-refractivity contribution in [1.29, 1.82) is 0 Å². The standard InChI is InChI=1S/C17H29N5O6S/c1-9(20-14(24)10(18)5-7-29-2)16(26)22-6-3-4-12(22)15(25)21-11(17(27)28)8-13(19)23/h9-12H,3-8,18H2,1-2H3,(H2,19,23)(H,20,24)(H,21,25)(H,27,28). The highest BCUT2D eigenvalue weighted by molar-refractivity contribution is 7.98. The predicted molar refractivity (Wildman–Crippen MR) is 107 cm³/mol. The third kappa shape index (κ3) is 7.54. The molecule has 29 heavy (non-hydrogen) atoms. The number of carboxylic acid groups (broad SMARTS) is 1. The summed E-state index contributed by atoms with van der Waals surface area (Å²) < 4.78 is 0. The second kappa shape index (κ2) is 11.6. The first-order valence-electron chi connectivity index (χ1n) is 9.25. The number of aliphatic carboxylic acids is 1. The summed E-state index contributed by atoms with van der Waals surface area (Å²) in [5.41, 5.74) is 10.8. The largest absolute Gasteiger partial charge is 0.480 e. The zero-order valence-electron chi connectivity index (χ0n) is 16.6. The number of carbonyl (C=O) groups excluding carboxylic acids is 4. The maximum absolute atomic E-state index is 12.7. The van der Waals surface area contributed by atoms with E-state index in [0.717, 1.165) is 0 Å². The number of amides is 4. The molecule has 0 aromatic rings. The molecule has 164 valence electrons. The van der Waals surface area contributed by atoms with Gasteiger partial charge in [0.15, 0.2) is 0 Å². The second-order valence-corrected chi connectivity index (χ2v) is 7.86. The molecule has 12 heteroatoms. The van der Waals surface area contributed by atoms with Gasteiger partial charge in [0.2, 0.25) is 23.6 Å². The van der Waals surface area contributed by atoms with Crippen LogP contribution in [0.1, 0.15) is 32.6 Å². The molecule has 1 heterocycles. The van der Waals surface area contributed by atoms with Crippen LogP contribution in [-0.2, 0) is 24.0 Å². The van der Waals surface area contributed by atoms with Gasteiger partial charge in [-0.05, 0) is 38.2 Å². The lowest BCUT2D eigenvalue weighted by Gasteiger charge is -2.28. The molecule has 11 nitrogen and oxygen atoms in total. The Morgan fingerprint density at radius 1 is 1.24 bits per heavy atom. The summed E-state index contributed by atoms with van der Waals surface area (Å²) in [5, 5.41) is 13.9. The molecular weight excluding hydrogens is 402 g/mol. The van der Waals surface area contributed by atoms with Gasteiger partial charge in [-0.1, -0.05) is 0 Å². The Bertz CT molecular complexity index is 646. The first kappa shape index (κ1) is 24.7. The van der Waals surface area contributed by atoms with Gasteiger partial charge in [-0.25, -0.2) is 4.79 Å². The van der Waals surface area contributed by atoms with Crippen LogP contribution in [0.2, 0.25) is 0 Å². The van der Waals surface area contributed by atoms with Crippen molar-refractivity contribution in [2.24, 2.45) is 11.5 Å². The number of nitrogens with two attached hydrogens (primary N) is 2. The third-order valence-electron chi connectivity index (χ3n) is 4.56. The average Bonchev–Trinajstić information content (AvgIpc) is 3.13. The third-order valence-corrected chi connectivity index (χ3v) is 5.20. The van der Waals surface area contributed by atoms with E-state index in [1.54, 1.807) is 11.8 Å². The Labute approximate surface area is 173 Å². The first-order chi connectivity index (χ1) is 13.6. The van der Waals surface area contributed by atoms with Crippen molar-refractivity contribution >= 4 is 41.4 Å². The molecule has 1 rings (SSSR count). The fourth-order valence-corrected chi connectivity index (χ4v) is 3.47. The fraction of sp³-hybridized carbons (Fsp3) is 0.706. The number of hydrogen-bond donors (Lipinski definition) is 5. The van der Waals surface area contributed by atoms with E-state index in [1.165, 1.54) is 11.8 Å². The maximum atomic E-state index is 12.7. The summed E-state index contributed by atoms with van der Waals surface area (Å²) in [4.78, 5) is 60.8. The van der Waals surface area contributed by atoms with Gasteiger partial charge in [0.25, 0.3) is 0 Å². The lowest BCUT2D eigenvalue weighted by molar-refractivity contribution is -0.145. The van der Waals surface area contributed by atoms with E-state index in [2.05, 4.69) is 10.6 Å². The molecule has 0 aliphatic carbocycles. The molecule has 7 N–H and O–H groups in total. The summed E-state index contributed by atoms with van der Waals surface area (Å²) >= 11 is 1.56. The Hall–Kier alpha value is -2.34. The molecule has 0 bridgehead atoms. The van der Waals surface area contributed by atoms with Gasteiger partial charge in [-0.15, -0.1) is 0 Å². The quantitative estimate of drug-likeness (QED) is 0.249. The highest BCUT2D eigenvalue weighted by atomic mass is 32.2. The number of carbonyl (C=O) groups is 5. The Balaban J connectivity index is 2.72. The lowest BCUT2D eigenvalue weighted by Crippen LogP contribution is -2.56. The van der Waals surface area contributed by atoms with Crippen molar-refractivity contribution in [3.63, 3.8) is 0 Å². The van der Waals surface area contributed by atoms with E-state index in [9.17, 15) is 24.0 Å². The summed E-state index contributed by atoms with van der Waals surface area (Å²) in [6.45, 7) is 1.80. The topological polar surface area (TPSA) is 185 Å². The molecular formula is C17H29N5O6S. The van der Waals surface area contributed by atoms with E-state index in [1.807, 2.05) is 6.26 Å². The number of hydrogen-bond acceptors (Lipinski definition) is 7. The van der Waals surface area contributed by atoms with Gasteiger partial charge >= 0.3 is 5.97 Å². The van der Waals surface area contributed by atoms with Crippen LogP contribution in [0.3, 0.4) is 0 Å². The van der Waals surface area contributed by atoms with Crippen LogP contribution < -0.4 is 22.1 Å². The zero-order valence-corrected chi connectivity index (χ0v) is 17.4. The molecule has 4 atom stereocenters. The predicted octanol–water partition coefficient (Wildman–Crippen LogP) is -1.99. The van der Waals surface area contributed by atoms with Crippen molar-refractivity contribution in [2.75, 3.05) is 18.6 Å². The van der Waals surface area contributed by atoms with Crippen LogP contribution in [0.15, 0.2) is 0 Å². The zero-order chi connectivity index (χ0) is 22.1. The molecule has 1 saturated heterocycles. The minimum Gasteiger partial charge on any atom is -0.480 e. The van der Waals surface area contributed by atoms with Gasteiger partial charge in [0.05, 0.1) is 12.5 Å². The molecule has 1 fully saturated rings. The highest BCUT2D eigenvalue weighted by Gasteiger charge is 2.38. The van der Waals surface area contributed by atoms with E-state index in [-0.39, 0.29) is 0 Å². The minimum atomic E-state index is -1.47. The van der Waals surface area contributed by atoms with Crippen molar-refractivity contribution in [3.05, 3.63) is 0 Å². The number of nitrogens with one attached hydrogen (secondary N) is 2. The van der Waals surface area contributed by atoms with Crippen LogP contribution in [0, 0.1) is 0 Å². The average molecular weight is 432 g/mol. The number of nitrogens with zero attached hydrogens (tertiary/aromatic N) is 1. The summed E-state index contributed by atoms with van der Waals surface area (Å²) in [6, 6.07) is -3.98. The monoisotopic (exact) mass is 431 g/mol. The molecule has 1 aliphatic heterocycles. The van der Waals surface area contributed by atoms with Crippen LogP contribution in [-0.4, -0.2) is 82.3 Å². The smallest absolute Gasteiger partial charge is 0.326 e. The van der Waals surface area contributed by atoms with Crippen LogP contribution >= 0.6 is 11.8 Å². The Morgan fingerprint density at radius 2 is 1.90 bits per heavy atom. The highest BCUT2D eigenvalue weighted by Crippen LogP contribution is 2.19. The normalized spacial score (nSPS) is 19.1. The van der Waals surface area contributed by atoms with Crippen LogP contribution in [0.5, 0.6) is 0 Å². The molecule has 4 amide bonds. The number of primary amides is 1. The summed E-state index contributed by atoms with van der Waals surface area (Å²) in [5.74, 6) is -3.15. The van der Waals surface area contributed by atoms with E-state index < -0.39 is 60.2 Å². The molecule has 0 saturated carbocycles. The van der Waals surface area contributed by atoms with Crippen molar-refractivity contribution in [2.45, 2.75) is 56.8 Å². The van der Waals surface area contributed by atoms with Gasteiger partial charge in [0, 0.05) is 6.54 Å². The van der Waals surface area contributed by atoms with E-state index >= 15 is 0 Å². The summed E-state index contributed by atoms with van der Waals surface area (Å²) in [7, 11) is 0. The number of thioether (sulfide) groups is 1. The van der Waals surface area contributed by atoms with Crippen LogP contribution in [0.4, 0.5) is 0 Å². The van der Waals surface area contributed by atoms with Crippen molar-refractivity contribution in [1.82, 2.24) is 15.5 Å². The van der Waals surface area contributed by atoms with E-state index in [0.29, 0.717) is 31.6 Å². The SMILES string of the molecule is CSCCC(N)C(=O)NC(C)C(=O)N1CCCC1C(=O)NC(CC(N)=O)C(=O)O. The second-order valence-electron chi connectivity index (χ2n) is 6.88.